The van der Waals surface area contributed by atoms with Crippen LogP contribution in [0.15, 0.2) is 48.7 Å². The van der Waals surface area contributed by atoms with E-state index in [0.29, 0.717) is 5.56 Å². The SMILES string of the molecule is CC1C(=O)N(CC(=O)Nc2ccc(C(F)F)cc2)c2cc(N3CC(F)(F)C3)nc(F)c2-c2cccnc21. The zero-order chi connectivity index (χ0) is 26.5. The van der Waals surface area contributed by atoms with Gasteiger partial charge in [-0.2, -0.15) is 4.39 Å². The van der Waals surface area contributed by atoms with Crippen molar-refractivity contribution in [1.82, 2.24) is 9.97 Å². The number of amides is 2. The molecule has 37 heavy (non-hydrogen) atoms. The molecule has 1 unspecified atom stereocenters. The van der Waals surface area contributed by atoms with Crippen LogP contribution in [0.4, 0.5) is 39.1 Å². The highest BCUT2D eigenvalue weighted by Crippen LogP contribution is 2.43. The third kappa shape index (κ3) is 4.58. The molecule has 0 spiro atoms. The Hall–Kier alpha value is -4.09. The Morgan fingerprint density at radius 3 is 2.54 bits per heavy atom. The summed E-state index contributed by atoms with van der Waals surface area (Å²) in [7, 11) is 0. The molecule has 1 fully saturated rings. The molecule has 1 atom stereocenters. The predicted molar refractivity (Wildman–Crippen MR) is 125 cm³/mol. The minimum atomic E-state index is -2.94. The van der Waals surface area contributed by atoms with Gasteiger partial charge in [-0.15, -0.1) is 0 Å². The third-order valence-electron chi connectivity index (χ3n) is 6.30. The summed E-state index contributed by atoms with van der Waals surface area (Å²) in [4.78, 5) is 36.8. The number of hydrogen-bond acceptors (Lipinski definition) is 5. The van der Waals surface area contributed by atoms with Crippen molar-refractivity contribution in [1.29, 1.82) is 0 Å². The number of anilines is 3. The van der Waals surface area contributed by atoms with Crippen LogP contribution in [0.3, 0.4) is 0 Å². The summed E-state index contributed by atoms with van der Waals surface area (Å²) in [5, 5.41) is 2.54. The number of rotatable bonds is 5. The molecule has 2 aliphatic heterocycles. The molecule has 0 aliphatic carbocycles. The first-order valence-corrected chi connectivity index (χ1v) is 11.3. The van der Waals surface area contributed by atoms with Gasteiger partial charge >= 0.3 is 0 Å². The number of carbonyl (C=O) groups is 2. The minimum Gasteiger partial charge on any atom is -0.344 e. The molecule has 7 nitrogen and oxygen atoms in total. The summed E-state index contributed by atoms with van der Waals surface area (Å²) < 4.78 is 68.1. The van der Waals surface area contributed by atoms with Crippen molar-refractivity contribution in [3.8, 4) is 11.1 Å². The molecule has 1 saturated heterocycles. The molecule has 1 aromatic carbocycles. The summed E-state index contributed by atoms with van der Waals surface area (Å²) >= 11 is 0. The summed E-state index contributed by atoms with van der Waals surface area (Å²) in [5.41, 5.74) is 0.494. The van der Waals surface area contributed by atoms with E-state index in [-0.39, 0.29) is 34.0 Å². The lowest BCUT2D eigenvalue weighted by molar-refractivity contribution is -0.122. The first kappa shape index (κ1) is 24.6. The minimum absolute atomic E-state index is 0.00971. The van der Waals surface area contributed by atoms with Gasteiger partial charge in [0.1, 0.15) is 12.4 Å². The van der Waals surface area contributed by atoms with Crippen LogP contribution >= 0.6 is 0 Å². The number of alkyl halides is 4. The van der Waals surface area contributed by atoms with E-state index in [1.165, 1.54) is 29.3 Å². The Bertz CT molecular complexity index is 1370. The zero-order valence-electron chi connectivity index (χ0n) is 19.4. The zero-order valence-corrected chi connectivity index (χ0v) is 19.4. The normalized spacial score (nSPS) is 18.1. The number of nitrogens with zero attached hydrogens (tertiary/aromatic N) is 4. The van der Waals surface area contributed by atoms with Gasteiger partial charge in [0, 0.05) is 29.1 Å². The highest BCUT2D eigenvalue weighted by atomic mass is 19.3. The second-order valence-corrected chi connectivity index (χ2v) is 8.93. The number of halogens is 5. The molecule has 4 heterocycles. The van der Waals surface area contributed by atoms with Crippen LogP contribution in [0.1, 0.15) is 30.5 Å². The van der Waals surface area contributed by atoms with Crippen molar-refractivity contribution in [3.05, 3.63) is 65.9 Å². The van der Waals surface area contributed by atoms with E-state index in [1.54, 1.807) is 19.1 Å². The van der Waals surface area contributed by atoms with Crippen molar-refractivity contribution in [2.24, 2.45) is 0 Å². The second kappa shape index (κ2) is 9.09. The summed E-state index contributed by atoms with van der Waals surface area (Å²) in [5.74, 6) is -6.13. The maximum absolute atomic E-state index is 15.5. The molecule has 12 heteroatoms. The number of hydrogen-bond donors (Lipinski definition) is 1. The molecule has 0 saturated carbocycles. The average molecular weight is 517 g/mol. The molecular weight excluding hydrogens is 497 g/mol. The van der Waals surface area contributed by atoms with Crippen LogP contribution in [-0.4, -0.2) is 47.3 Å². The molecule has 0 bridgehead atoms. The van der Waals surface area contributed by atoms with Crippen molar-refractivity contribution >= 4 is 29.0 Å². The Balaban J connectivity index is 1.52. The molecule has 3 aromatic rings. The van der Waals surface area contributed by atoms with Crippen LogP contribution in [0, 0.1) is 5.95 Å². The second-order valence-electron chi connectivity index (χ2n) is 8.93. The standard InChI is InChI=1S/C25H20F5N5O2/c1-13-21-16(3-2-8-31-21)20-17(9-18(33-23(20)28)34-11-25(29,30)12-34)35(24(13)37)10-19(36)32-15-6-4-14(5-7-15)22(26)27/h2-9,13,22H,10-12H2,1H3,(H,32,36). The number of aromatic nitrogens is 2. The molecule has 2 aliphatic rings. The van der Waals surface area contributed by atoms with Gasteiger partial charge in [-0.1, -0.05) is 18.2 Å². The number of benzene rings is 1. The van der Waals surface area contributed by atoms with Crippen molar-refractivity contribution in [2.75, 3.05) is 34.8 Å². The van der Waals surface area contributed by atoms with E-state index >= 15 is 4.39 Å². The van der Waals surface area contributed by atoms with Crippen LogP contribution < -0.4 is 15.1 Å². The number of pyridine rings is 2. The van der Waals surface area contributed by atoms with Gasteiger partial charge in [0.25, 0.3) is 12.3 Å². The van der Waals surface area contributed by atoms with Gasteiger partial charge in [0.2, 0.25) is 17.8 Å². The van der Waals surface area contributed by atoms with Crippen molar-refractivity contribution in [3.63, 3.8) is 0 Å². The van der Waals surface area contributed by atoms with E-state index < -0.39 is 55.7 Å². The third-order valence-corrected chi connectivity index (χ3v) is 6.30. The fraction of sp³-hybridized carbons (Fsp3) is 0.280. The van der Waals surface area contributed by atoms with Gasteiger partial charge in [-0.05, 0) is 25.1 Å². The van der Waals surface area contributed by atoms with E-state index in [0.717, 1.165) is 17.0 Å². The fourth-order valence-corrected chi connectivity index (χ4v) is 4.45. The lowest BCUT2D eigenvalue weighted by atomic mass is 9.98. The maximum atomic E-state index is 15.5. The Labute approximate surface area is 207 Å². The van der Waals surface area contributed by atoms with E-state index in [9.17, 15) is 27.2 Å². The Morgan fingerprint density at radius 2 is 1.89 bits per heavy atom. The summed E-state index contributed by atoms with van der Waals surface area (Å²) in [6.07, 6.45) is -1.22. The lowest BCUT2D eigenvalue weighted by Gasteiger charge is -2.40. The number of nitrogens with one attached hydrogen (secondary N) is 1. The van der Waals surface area contributed by atoms with Crippen LogP contribution in [0.25, 0.3) is 11.1 Å². The van der Waals surface area contributed by atoms with Gasteiger partial charge < -0.3 is 15.1 Å². The maximum Gasteiger partial charge on any atom is 0.282 e. The van der Waals surface area contributed by atoms with Gasteiger partial charge in [0.15, 0.2) is 0 Å². The average Bonchev–Trinajstić information content (AvgIpc) is 2.92. The highest BCUT2D eigenvalue weighted by Gasteiger charge is 2.45. The summed E-state index contributed by atoms with van der Waals surface area (Å²) in [6, 6.07) is 9.36. The Kier molecular flexibility index (Phi) is 6.04. The van der Waals surface area contributed by atoms with Crippen LogP contribution in [-0.2, 0) is 9.59 Å². The van der Waals surface area contributed by atoms with Gasteiger partial charge in [-0.25, -0.2) is 22.5 Å². The smallest absolute Gasteiger partial charge is 0.282 e. The first-order chi connectivity index (χ1) is 17.5. The van der Waals surface area contributed by atoms with Crippen LogP contribution in [0.2, 0.25) is 0 Å². The lowest BCUT2D eigenvalue weighted by Crippen LogP contribution is -2.56. The number of carbonyl (C=O) groups excluding carboxylic acids is 2. The quantitative estimate of drug-likeness (QED) is 0.390. The number of fused-ring (bicyclic) bond motifs is 3. The van der Waals surface area contributed by atoms with Crippen molar-refractivity contribution < 1.29 is 31.5 Å². The van der Waals surface area contributed by atoms with Crippen LogP contribution in [0.5, 0.6) is 0 Å². The molecule has 1 N–H and O–H groups in total. The molecule has 5 rings (SSSR count). The molecule has 0 radical (unpaired) electrons. The largest absolute Gasteiger partial charge is 0.344 e. The van der Waals surface area contributed by atoms with Gasteiger partial charge in [0.05, 0.1) is 36.0 Å². The van der Waals surface area contributed by atoms with E-state index in [2.05, 4.69) is 15.3 Å². The highest BCUT2D eigenvalue weighted by molar-refractivity contribution is 6.09. The molecule has 2 amide bonds. The molecule has 2 aromatic heterocycles. The van der Waals surface area contributed by atoms with E-state index in [1.807, 2.05) is 0 Å². The monoisotopic (exact) mass is 517 g/mol. The molecular formula is C25H20F5N5O2. The first-order valence-electron chi connectivity index (χ1n) is 11.3. The fourth-order valence-electron chi connectivity index (χ4n) is 4.45. The van der Waals surface area contributed by atoms with E-state index in [4.69, 9.17) is 0 Å². The molecule has 192 valence electrons. The van der Waals surface area contributed by atoms with Gasteiger partial charge in [-0.3, -0.25) is 14.6 Å². The Morgan fingerprint density at radius 1 is 1.19 bits per heavy atom. The summed E-state index contributed by atoms with van der Waals surface area (Å²) in [6.45, 7) is -0.304. The van der Waals surface area contributed by atoms with Crippen molar-refractivity contribution in [2.45, 2.75) is 25.2 Å². The predicted octanol–water partition coefficient (Wildman–Crippen LogP) is 4.76. The topological polar surface area (TPSA) is 78.4 Å².